The van der Waals surface area contributed by atoms with Gasteiger partial charge in [-0.05, 0) is 49.4 Å². The maximum atomic E-state index is 12.9. The lowest BCUT2D eigenvalue weighted by Gasteiger charge is -2.37. The zero-order chi connectivity index (χ0) is 22.3. The monoisotopic (exact) mass is 429 g/mol. The second kappa shape index (κ2) is 10.0. The van der Waals surface area contributed by atoms with Crippen LogP contribution in [0, 0.1) is 0 Å². The van der Waals surface area contributed by atoms with Crippen LogP contribution in [-0.4, -0.2) is 49.5 Å². The van der Waals surface area contributed by atoms with Crippen LogP contribution in [0.3, 0.4) is 0 Å². The average Bonchev–Trinajstić information content (AvgIpc) is 2.85. The van der Waals surface area contributed by atoms with E-state index in [0.717, 1.165) is 11.4 Å². The highest BCUT2D eigenvalue weighted by Gasteiger charge is 2.23. The summed E-state index contributed by atoms with van der Waals surface area (Å²) in [4.78, 5) is 29.7. The van der Waals surface area contributed by atoms with Crippen molar-refractivity contribution in [2.45, 2.75) is 6.92 Å². The van der Waals surface area contributed by atoms with E-state index in [-0.39, 0.29) is 11.8 Å². The number of carbonyl (C=O) groups is 2. The van der Waals surface area contributed by atoms with Gasteiger partial charge in [0.1, 0.15) is 5.75 Å². The van der Waals surface area contributed by atoms with Crippen molar-refractivity contribution in [3.8, 4) is 5.75 Å². The van der Waals surface area contributed by atoms with Gasteiger partial charge in [-0.2, -0.15) is 0 Å². The van der Waals surface area contributed by atoms with E-state index in [0.29, 0.717) is 49.7 Å². The summed E-state index contributed by atoms with van der Waals surface area (Å²) in [6, 6.07) is 24.3. The number of carbonyl (C=O) groups excluding carboxylic acids is 2. The molecule has 6 heteroatoms. The Morgan fingerprint density at radius 3 is 2.28 bits per heavy atom. The van der Waals surface area contributed by atoms with Crippen molar-refractivity contribution in [3.63, 3.8) is 0 Å². The lowest BCUT2D eigenvalue weighted by atomic mass is 10.1. The molecule has 3 aromatic rings. The Kier molecular flexibility index (Phi) is 6.70. The summed E-state index contributed by atoms with van der Waals surface area (Å²) < 4.78 is 5.51. The van der Waals surface area contributed by atoms with E-state index in [4.69, 9.17) is 4.74 Å². The molecule has 6 nitrogen and oxygen atoms in total. The van der Waals surface area contributed by atoms with E-state index in [9.17, 15) is 9.59 Å². The minimum Gasteiger partial charge on any atom is -0.494 e. The van der Waals surface area contributed by atoms with Crippen LogP contribution in [0.5, 0.6) is 5.75 Å². The topological polar surface area (TPSA) is 61.9 Å². The number of nitrogens with zero attached hydrogens (tertiary/aromatic N) is 2. The molecule has 32 heavy (non-hydrogen) atoms. The van der Waals surface area contributed by atoms with Gasteiger partial charge in [0, 0.05) is 37.3 Å². The van der Waals surface area contributed by atoms with E-state index in [1.54, 1.807) is 12.1 Å². The Balaban J connectivity index is 1.43. The number of anilines is 2. The van der Waals surface area contributed by atoms with Gasteiger partial charge >= 0.3 is 0 Å². The second-order valence-corrected chi connectivity index (χ2v) is 7.58. The molecule has 1 N–H and O–H groups in total. The van der Waals surface area contributed by atoms with E-state index in [1.165, 1.54) is 0 Å². The molecule has 4 rings (SSSR count). The average molecular weight is 430 g/mol. The van der Waals surface area contributed by atoms with Crippen LogP contribution < -0.4 is 15.0 Å². The molecule has 2 amide bonds. The van der Waals surface area contributed by atoms with Gasteiger partial charge in [-0.1, -0.05) is 36.4 Å². The lowest BCUT2D eigenvalue weighted by Crippen LogP contribution is -2.49. The fourth-order valence-electron chi connectivity index (χ4n) is 3.86. The molecule has 0 spiro atoms. The van der Waals surface area contributed by atoms with E-state index < -0.39 is 0 Å². The van der Waals surface area contributed by atoms with Crippen molar-refractivity contribution in [1.82, 2.24) is 4.90 Å². The van der Waals surface area contributed by atoms with Gasteiger partial charge in [0.05, 0.1) is 18.0 Å². The van der Waals surface area contributed by atoms with E-state index in [2.05, 4.69) is 10.2 Å². The first kappa shape index (κ1) is 21.4. The van der Waals surface area contributed by atoms with Gasteiger partial charge in [-0.15, -0.1) is 0 Å². The van der Waals surface area contributed by atoms with Gasteiger partial charge in [-0.3, -0.25) is 9.59 Å². The Morgan fingerprint density at radius 2 is 1.53 bits per heavy atom. The molecule has 0 atom stereocenters. The SMILES string of the molecule is CCOc1cccc(C(=O)Nc2ccccc2N2CCN(C(=O)c3ccccc3)CC2)c1. The summed E-state index contributed by atoms with van der Waals surface area (Å²) >= 11 is 0. The highest BCUT2D eigenvalue weighted by molar-refractivity contribution is 6.06. The zero-order valence-electron chi connectivity index (χ0n) is 18.2. The van der Waals surface area contributed by atoms with E-state index >= 15 is 0 Å². The molecule has 1 fully saturated rings. The number of amides is 2. The van der Waals surface area contributed by atoms with Crippen LogP contribution in [0.15, 0.2) is 78.9 Å². The molecule has 0 saturated carbocycles. The minimum atomic E-state index is -0.183. The van der Waals surface area contributed by atoms with E-state index in [1.807, 2.05) is 78.6 Å². The fourth-order valence-corrected chi connectivity index (χ4v) is 3.86. The third kappa shape index (κ3) is 4.91. The van der Waals surface area contributed by atoms with Gasteiger partial charge in [0.15, 0.2) is 0 Å². The van der Waals surface area contributed by atoms with Crippen LogP contribution in [-0.2, 0) is 0 Å². The summed E-state index contributed by atoms with van der Waals surface area (Å²) in [6.07, 6.45) is 0. The molecule has 0 bridgehead atoms. The smallest absolute Gasteiger partial charge is 0.255 e. The Hall–Kier alpha value is -3.80. The number of benzene rings is 3. The Morgan fingerprint density at radius 1 is 0.844 bits per heavy atom. The molecule has 0 radical (unpaired) electrons. The van der Waals surface area contributed by atoms with Gasteiger partial charge < -0.3 is 19.9 Å². The number of nitrogens with one attached hydrogen (secondary N) is 1. The maximum absolute atomic E-state index is 12.9. The van der Waals surface area contributed by atoms with Gasteiger partial charge in [-0.25, -0.2) is 0 Å². The third-order valence-corrected chi connectivity index (χ3v) is 5.49. The standard InChI is InChI=1S/C26H27N3O3/c1-2-32-22-12-8-11-21(19-22)25(30)27-23-13-6-7-14-24(23)28-15-17-29(18-16-28)26(31)20-9-4-3-5-10-20/h3-14,19H,2,15-18H2,1H3,(H,27,30). The lowest BCUT2D eigenvalue weighted by molar-refractivity contribution is 0.0746. The molecule has 0 aromatic heterocycles. The number of piperazine rings is 1. The van der Waals surface area contributed by atoms with Crippen LogP contribution in [0.2, 0.25) is 0 Å². The molecule has 0 aliphatic carbocycles. The maximum Gasteiger partial charge on any atom is 0.255 e. The summed E-state index contributed by atoms with van der Waals surface area (Å²) in [6.45, 7) is 5.12. The minimum absolute atomic E-state index is 0.0565. The molecular formula is C26H27N3O3. The Bertz CT molecular complexity index is 1080. The summed E-state index contributed by atoms with van der Waals surface area (Å²) in [5.41, 5.74) is 2.96. The van der Waals surface area contributed by atoms with Crippen molar-refractivity contribution in [2.75, 3.05) is 43.0 Å². The first-order valence-corrected chi connectivity index (χ1v) is 10.9. The van der Waals surface area contributed by atoms with Crippen molar-refractivity contribution >= 4 is 23.2 Å². The first-order chi connectivity index (χ1) is 15.7. The molecular weight excluding hydrogens is 402 g/mol. The molecule has 0 unspecified atom stereocenters. The van der Waals surface area contributed by atoms with Gasteiger partial charge in [0.2, 0.25) is 0 Å². The summed E-state index contributed by atoms with van der Waals surface area (Å²) in [7, 11) is 0. The quantitative estimate of drug-likeness (QED) is 0.635. The van der Waals surface area contributed by atoms with Gasteiger partial charge in [0.25, 0.3) is 11.8 Å². The number of hydrogen-bond acceptors (Lipinski definition) is 4. The second-order valence-electron chi connectivity index (χ2n) is 7.58. The molecule has 3 aromatic carbocycles. The molecule has 1 aliphatic rings. The van der Waals surface area contributed by atoms with Crippen molar-refractivity contribution in [1.29, 1.82) is 0 Å². The van der Waals surface area contributed by atoms with Crippen LogP contribution in [0.25, 0.3) is 0 Å². The molecule has 1 heterocycles. The number of rotatable bonds is 6. The van der Waals surface area contributed by atoms with Crippen molar-refractivity contribution < 1.29 is 14.3 Å². The predicted molar refractivity (Wildman–Crippen MR) is 127 cm³/mol. The van der Waals surface area contributed by atoms with Crippen LogP contribution >= 0.6 is 0 Å². The van der Waals surface area contributed by atoms with Crippen LogP contribution in [0.1, 0.15) is 27.6 Å². The normalized spacial score (nSPS) is 13.5. The Labute approximate surface area is 188 Å². The fraction of sp³-hybridized carbons (Fsp3) is 0.231. The molecule has 164 valence electrons. The highest BCUT2D eigenvalue weighted by Crippen LogP contribution is 2.28. The summed E-state index contributed by atoms with van der Waals surface area (Å²) in [5.74, 6) is 0.547. The highest BCUT2D eigenvalue weighted by atomic mass is 16.5. The van der Waals surface area contributed by atoms with Crippen molar-refractivity contribution in [3.05, 3.63) is 90.0 Å². The predicted octanol–water partition coefficient (Wildman–Crippen LogP) is 4.30. The first-order valence-electron chi connectivity index (χ1n) is 10.9. The summed E-state index contributed by atoms with van der Waals surface area (Å²) in [5, 5.41) is 3.04. The molecule has 1 aliphatic heterocycles. The third-order valence-electron chi connectivity index (χ3n) is 5.49. The van der Waals surface area contributed by atoms with Crippen molar-refractivity contribution in [2.24, 2.45) is 0 Å². The largest absolute Gasteiger partial charge is 0.494 e. The molecule has 1 saturated heterocycles. The number of para-hydroxylation sites is 2. The number of ether oxygens (including phenoxy) is 1. The van der Waals surface area contributed by atoms with Crippen LogP contribution in [0.4, 0.5) is 11.4 Å². The number of hydrogen-bond donors (Lipinski definition) is 1. The zero-order valence-corrected chi connectivity index (χ0v) is 18.2.